The molecule has 104 valence electrons. The van der Waals surface area contributed by atoms with E-state index in [1.54, 1.807) is 0 Å². The molecule has 0 aliphatic heterocycles. The molecule has 0 bridgehead atoms. The van der Waals surface area contributed by atoms with Crippen molar-refractivity contribution < 1.29 is 4.79 Å². The van der Waals surface area contributed by atoms with Gasteiger partial charge < -0.3 is 5.32 Å². The number of aromatic amines is 1. The zero-order valence-electron chi connectivity index (χ0n) is 11.6. The summed E-state index contributed by atoms with van der Waals surface area (Å²) in [5, 5.41) is 10.00. The highest BCUT2D eigenvalue weighted by molar-refractivity contribution is 5.90. The van der Waals surface area contributed by atoms with E-state index in [9.17, 15) is 4.79 Å². The predicted molar refractivity (Wildman–Crippen MR) is 71.8 cm³/mol. The Kier molecular flexibility index (Phi) is 3.29. The molecular formula is C14H22N4O. The number of aromatic nitrogens is 3. The molecule has 2 fully saturated rings. The van der Waals surface area contributed by atoms with E-state index < -0.39 is 0 Å². The van der Waals surface area contributed by atoms with Crippen molar-refractivity contribution in [2.75, 3.05) is 0 Å². The maximum absolute atomic E-state index is 12.1. The number of hydrogen-bond acceptors (Lipinski definition) is 3. The van der Waals surface area contributed by atoms with Gasteiger partial charge in [0.2, 0.25) is 5.82 Å². The Bertz CT molecular complexity index is 456. The van der Waals surface area contributed by atoms with Gasteiger partial charge in [0, 0.05) is 12.0 Å². The summed E-state index contributed by atoms with van der Waals surface area (Å²) in [5.74, 6) is 2.91. The minimum atomic E-state index is -0.130. The van der Waals surface area contributed by atoms with Crippen LogP contribution in [0.1, 0.15) is 68.3 Å². The molecule has 2 atom stereocenters. The summed E-state index contributed by atoms with van der Waals surface area (Å²) < 4.78 is 0. The largest absolute Gasteiger partial charge is 0.347 e. The highest BCUT2D eigenvalue weighted by Gasteiger charge is 2.29. The van der Waals surface area contributed by atoms with Crippen molar-refractivity contribution in [1.82, 2.24) is 20.5 Å². The molecule has 1 aromatic heterocycles. The first-order valence-electron chi connectivity index (χ1n) is 7.35. The van der Waals surface area contributed by atoms with E-state index >= 15 is 0 Å². The van der Waals surface area contributed by atoms with Crippen LogP contribution in [-0.4, -0.2) is 27.1 Å². The molecule has 0 aromatic carbocycles. The first-order valence-corrected chi connectivity index (χ1v) is 7.35. The summed E-state index contributed by atoms with van der Waals surface area (Å²) in [6.07, 6.45) is 5.71. The van der Waals surface area contributed by atoms with Crippen LogP contribution in [0, 0.1) is 11.8 Å². The van der Waals surface area contributed by atoms with Crippen molar-refractivity contribution in [2.45, 2.75) is 57.9 Å². The lowest BCUT2D eigenvalue weighted by Gasteiger charge is -2.31. The average Bonchev–Trinajstić information content (AvgIpc) is 3.05. The van der Waals surface area contributed by atoms with Gasteiger partial charge in [0.1, 0.15) is 5.82 Å². The van der Waals surface area contributed by atoms with Gasteiger partial charge in [-0.1, -0.05) is 13.8 Å². The van der Waals surface area contributed by atoms with E-state index in [2.05, 4.69) is 34.3 Å². The molecule has 0 spiro atoms. The summed E-state index contributed by atoms with van der Waals surface area (Å²) in [7, 11) is 0. The molecule has 2 saturated carbocycles. The Balaban J connectivity index is 1.60. The zero-order valence-corrected chi connectivity index (χ0v) is 11.6. The molecule has 5 heteroatoms. The smallest absolute Gasteiger partial charge is 0.291 e. The molecule has 5 nitrogen and oxygen atoms in total. The Morgan fingerprint density at radius 3 is 2.53 bits per heavy atom. The van der Waals surface area contributed by atoms with Gasteiger partial charge in [0.25, 0.3) is 5.91 Å². The number of carbonyl (C=O) groups excluding carboxylic acids is 1. The van der Waals surface area contributed by atoms with Gasteiger partial charge in [-0.2, -0.15) is 0 Å². The normalized spacial score (nSPS) is 31.2. The molecule has 19 heavy (non-hydrogen) atoms. The first kappa shape index (κ1) is 12.6. The second kappa shape index (κ2) is 4.94. The van der Waals surface area contributed by atoms with Crippen LogP contribution in [0.4, 0.5) is 0 Å². The highest BCUT2D eigenvalue weighted by Crippen LogP contribution is 2.37. The van der Waals surface area contributed by atoms with Crippen LogP contribution in [0.3, 0.4) is 0 Å². The molecule has 2 aliphatic rings. The van der Waals surface area contributed by atoms with Crippen molar-refractivity contribution in [3.63, 3.8) is 0 Å². The van der Waals surface area contributed by atoms with Crippen molar-refractivity contribution in [2.24, 2.45) is 11.8 Å². The van der Waals surface area contributed by atoms with Gasteiger partial charge in [0.15, 0.2) is 0 Å². The van der Waals surface area contributed by atoms with E-state index in [0.717, 1.165) is 31.5 Å². The van der Waals surface area contributed by atoms with Crippen LogP contribution in [-0.2, 0) is 0 Å². The quantitative estimate of drug-likeness (QED) is 0.877. The van der Waals surface area contributed by atoms with Crippen LogP contribution in [0.15, 0.2) is 0 Å². The SMILES string of the molecule is CC1CC(C)CC(NC(=O)c2n[nH]c(C3CC3)n2)C1. The summed E-state index contributed by atoms with van der Waals surface area (Å²) in [5.41, 5.74) is 0. The number of rotatable bonds is 3. The van der Waals surface area contributed by atoms with Gasteiger partial charge in [-0.05, 0) is 43.9 Å². The molecule has 2 N–H and O–H groups in total. The maximum Gasteiger partial charge on any atom is 0.291 e. The van der Waals surface area contributed by atoms with Gasteiger partial charge in [-0.25, -0.2) is 4.98 Å². The van der Waals surface area contributed by atoms with Gasteiger partial charge in [0.05, 0.1) is 0 Å². The predicted octanol–water partition coefficient (Wildman–Crippen LogP) is 2.24. The summed E-state index contributed by atoms with van der Waals surface area (Å²) >= 11 is 0. The fourth-order valence-electron chi connectivity index (χ4n) is 3.23. The van der Waals surface area contributed by atoms with E-state index in [-0.39, 0.29) is 11.9 Å². The van der Waals surface area contributed by atoms with Crippen molar-refractivity contribution in [1.29, 1.82) is 0 Å². The van der Waals surface area contributed by atoms with Crippen LogP contribution in [0.25, 0.3) is 0 Å². The third kappa shape index (κ3) is 2.96. The molecule has 2 unspecified atom stereocenters. The number of carbonyl (C=O) groups is 1. The molecule has 1 heterocycles. The van der Waals surface area contributed by atoms with Gasteiger partial charge in [-0.3, -0.25) is 9.89 Å². The van der Waals surface area contributed by atoms with E-state index in [1.807, 2.05) is 0 Å². The maximum atomic E-state index is 12.1. The Morgan fingerprint density at radius 1 is 1.21 bits per heavy atom. The van der Waals surface area contributed by atoms with Crippen LogP contribution in [0.2, 0.25) is 0 Å². The highest BCUT2D eigenvalue weighted by atomic mass is 16.2. The number of H-pyrrole nitrogens is 1. The molecule has 0 saturated heterocycles. The fourth-order valence-corrected chi connectivity index (χ4v) is 3.23. The van der Waals surface area contributed by atoms with Crippen LogP contribution >= 0.6 is 0 Å². The Hall–Kier alpha value is -1.39. The minimum Gasteiger partial charge on any atom is -0.347 e. The second-order valence-electron chi connectivity index (χ2n) is 6.41. The summed E-state index contributed by atoms with van der Waals surface area (Å²) in [6, 6.07) is 0.272. The van der Waals surface area contributed by atoms with Crippen molar-refractivity contribution in [3.8, 4) is 0 Å². The van der Waals surface area contributed by atoms with E-state index in [1.165, 1.54) is 6.42 Å². The third-order valence-corrected chi connectivity index (χ3v) is 4.18. The number of nitrogens with one attached hydrogen (secondary N) is 2. The second-order valence-corrected chi connectivity index (χ2v) is 6.41. The Morgan fingerprint density at radius 2 is 1.89 bits per heavy atom. The number of amides is 1. The van der Waals surface area contributed by atoms with Crippen molar-refractivity contribution >= 4 is 5.91 Å². The lowest BCUT2D eigenvalue weighted by atomic mass is 9.80. The molecule has 2 aliphatic carbocycles. The van der Waals surface area contributed by atoms with Gasteiger partial charge in [-0.15, -0.1) is 5.10 Å². The lowest BCUT2D eigenvalue weighted by molar-refractivity contribution is 0.0901. The topological polar surface area (TPSA) is 70.7 Å². The summed E-state index contributed by atoms with van der Waals surface area (Å²) in [6.45, 7) is 4.51. The van der Waals surface area contributed by atoms with Crippen LogP contribution in [0.5, 0.6) is 0 Å². The first-order chi connectivity index (χ1) is 9.11. The number of nitrogens with zero attached hydrogens (tertiary/aromatic N) is 2. The molecule has 1 aromatic rings. The molecule has 3 rings (SSSR count). The Labute approximate surface area is 113 Å². The van der Waals surface area contributed by atoms with Crippen molar-refractivity contribution in [3.05, 3.63) is 11.6 Å². The minimum absolute atomic E-state index is 0.130. The van der Waals surface area contributed by atoms with E-state index in [0.29, 0.717) is 23.6 Å². The number of hydrogen-bond donors (Lipinski definition) is 2. The third-order valence-electron chi connectivity index (χ3n) is 4.18. The lowest BCUT2D eigenvalue weighted by Crippen LogP contribution is -2.40. The standard InChI is InChI=1S/C14H22N4O/c1-8-5-9(2)7-11(6-8)15-14(19)13-16-12(17-18-13)10-3-4-10/h8-11H,3-7H2,1-2H3,(H,15,19)(H,16,17,18). The summed E-state index contributed by atoms with van der Waals surface area (Å²) in [4.78, 5) is 16.4. The molecule has 1 amide bonds. The zero-order chi connectivity index (χ0) is 13.4. The molecule has 0 radical (unpaired) electrons. The van der Waals surface area contributed by atoms with Crippen LogP contribution < -0.4 is 5.32 Å². The molecular weight excluding hydrogens is 240 g/mol. The van der Waals surface area contributed by atoms with E-state index in [4.69, 9.17) is 0 Å². The average molecular weight is 262 g/mol. The fraction of sp³-hybridized carbons (Fsp3) is 0.786. The monoisotopic (exact) mass is 262 g/mol. The van der Waals surface area contributed by atoms with Gasteiger partial charge >= 0.3 is 0 Å².